The molecule has 4 N–H and O–H groups in total. The zero-order chi connectivity index (χ0) is 29.8. The van der Waals surface area contributed by atoms with Gasteiger partial charge in [-0.2, -0.15) is 0 Å². The van der Waals surface area contributed by atoms with Gasteiger partial charge in [0.25, 0.3) is 12.4 Å². The summed E-state index contributed by atoms with van der Waals surface area (Å²) in [5.74, 6) is 0.0283. The summed E-state index contributed by atoms with van der Waals surface area (Å²) in [5.41, 5.74) is 1.79. The fraction of sp³-hybridized carbons (Fsp3) is 0.615. The molecular formula is C26H40N8O6. The van der Waals surface area contributed by atoms with Crippen molar-refractivity contribution in [1.29, 1.82) is 0 Å². The number of nitro groups is 2. The van der Waals surface area contributed by atoms with E-state index in [2.05, 4.69) is 31.1 Å². The molecular weight excluding hydrogens is 520 g/mol. The molecule has 1 aliphatic heterocycles. The highest BCUT2D eigenvalue weighted by atomic mass is 16.6. The van der Waals surface area contributed by atoms with Gasteiger partial charge in [0.1, 0.15) is 11.4 Å². The molecule has 0 saturated carbocycles. The molecule has 1 fully saturated rings. The van der Waals surface area contributed by atoms with E-state index in [0.717, 1.165) is 23.8 Å². The van der Waals surface area contributed by atoms with Crippen molar-refractivity contribution in [3.8, 4) is 0 Å². The highest BCUT2D eigenvalue weighted by molar-refractivity contribution is 5.97. The van der Waals surface area contributed by atoms with Gasteiger partial charge in [-0.1, -0.05) is 27.7 Å². The van der Waals surface area contributed by atoms with E-state index in [9.17, 15) is 29.8 Å². The molecule has 14 heteroatoms. The van der Waals surface area contributed by atoms with Crippen LogP contribution in [0.1, 0.15) is 53.4 Å². The molecule has 0 amide bonds. The zero-order valence-corrected chi connectivity index (χ0v) is 24.0. The quantitative estimate of drug-likeness (QED) is 0.225. The first-order valence-corrected chi connectivity index (χ1v) is 13.3. The number of rotatable bonds is 10. The molecule has 0 unspecified atom stereocenters. The highest BCUT2D eigenvalue weighted by Gasteiger charge is 2.39. The molecule has 14 nitrogen and oxygen atoms in total. The van der Waals surface area contributed by atoms with E-state index in [1.54, 1.807) is 14.1 Å². The number of carbonyl (C=O) groups is 2. The number of hydrogen-bond acceptors (Lipinski definition) is 12. The van der Waals surface area contributed by atoms with Crippen molar-refractivity contribution >= 4 is 11.6 Å². The number of allylic oxidation sites excluding steroid dienone is 4. The number of Topliss-reactive ketones (excluding diaryl/α,β-unsaturated/α-hetero) is 2. The maximum absolute atomic E-state index is 13.2. The molecule has 3 rings (SSSR count). The largest absolute Gasteiger partial charge is 0.370 e. The van der Waals surface area contributed by atoms with Crippen LogP contribution in [0.3, 0.4) is 0 Å². The van der Waals surface area contributed by atoms with E-state index >= 15 is 0 Å². The second-order valence-electron chi connectivity index (χ2n) is 11.9. The van der Waals surface area contributed by atoms with Gasteiger partial charge in [0.15, 0.2) is 23.2 Å². The van der Waals surface area contributed by atoms with Crippen molar-refractivity contribution in [3.63, 3.8) is 0 Å². The predicted molar refractivity (Wildman–Crippen MR) is 148 cm³/mol. The number of nitrogens with zero attached hydrogens (tertiary/aromatic N) is 4. The topological polar surface area (TPSA) is 175 Å². The lowest BCUT2D eigenvalue weighted by atomic mass is 9.76. The molecule has 1 heterocycles. The third-order valence-electron chi connectivity index (χ3n) is 7.28. The van der Waals surface area contributed by atoms with Crippen LogP contribution in [0.4, 0.5) is 0 Å². The molecule has 3 aliphatic rings. The number of hydrogen-bond donors (Lipinski definition) is 4. The van der Waals surface area contributed by atoms with Gasteiger partial charge in [0, 0.05) is 64.5 Å². The third-order valence-corrected chi connectivity index (χ3v) is 7.28. The van der Waals surface area contributed by atoms with Crippen LogP contribution < -0.4 is 21.3 Å². The van der Waals surface area contributed by atoms with Crippen LogP contribution in [-0.2, 0) is 9.59 Å². The van der Waals surface area contributed by atoms with Gasteiger partial charge in [-0.25, -0.2) is 0 Å². The number of carbonyl (C=O) groups excluding carboxylic acids is 2. The summed E-state index contributed by atoms with van der Waals surface area (Å²) in [7, 11) is 3.09. The minimum absolute atomic E-state index is 0.107. The third kappa shape index (κ3) is 7.51. The summed E-state index contributed by atoms with van der Waals surface area (Å²) >= 11 is 0. The van der Waals surface area contributed by atoms with E-state index in [4.69, 9.17) is 0 Å². The van der Waals surface area contributed by atoms with Crippen molar-refractivity contribution in [3.05, 3.63) is 67.1 Å². The van der Waals surface area contributed by atoms with Gasteiger partial charge in [-0.3, -0.25) is 29.8 Å². The second kappa shape index (κ2) is 12.0. The van der Waals surface area contributed by atoms with E-state index in [1.165, 1.54) is 0 Å². The lowest BCUT2D eigenvalue weighted by molar-refractivity contribution is -0.404. The maximum Gasteiger partial charge on any atom is 0.274 e. The first kappa shape index (κ1) is 30.4. The molecule has 220 valence electrons. The highest BCUT2D eigenvalue weighted by Crippen LogP contribution is 2.40. The Morgan fingerprint density at radius 2 is 1.02 bits per heavy atom. The Labute approximate surface area is 233 Å². The average molecular weight is 561 g/mol. The van der Waals surface area contributed by atoms with Crippen LogP contribution in [-0.4, -0.2) is 71.5 Å². The van der Waals surface area contributed by atoms with Crippen LogP contribution >= 0.6 is 0 Å². The Morgan fingerprint density at radius 3 is 1.30 bits per heavy atom. The van der Waals surface area contributed by atoms with Gasteiger partial charge in [-0.15, -0.1) is 0 Å². The van der Waals surface area contributed by atoms with Crippen LogP contribution in [0.15, 0.2) is 46.8 Å². The van der Waals surface area contributed by atoms with Gasteiger partial charge < -0.3 is 31.1 Å². The first-order chi connectivity index (χ1) is 18.6. The van der Waals surface area contributed by atoms with Crippen molar-refractivity contribution in [2.24, 2.45) is 10.8 Å². The van der Waals surface area contributed by atoms with Crippen LogP contribution in [0.5, 0.6) is 0 Å². The van der Waals surface area contributed by atoms with E-state index in [-0.39, 0.29) is 34.0 Å². The molecule has 0 radical (unpaired) electrons. The molecule has 0 bridgehead atoms. The van der Waals surface area contributed by atoms with Crippen molar-refractivity contribution in [1.82, 2.24) is 31.1 Å². The molecule has 0 aromatic heterocycles. The average Bonchev–Trinajstić information content (AvgIpc) is 2.84. The van der Waals surface area contributed by atoms with E-state index in [1.807, 2.05) is 27.7 Å². The standard InChI is InChI=1S/C26H40N8O6/c1-25(2)11-17(23(19(35)13-25)29-21(27-5)15-33(37)38)31-7-9-32(10-8-31)18-12-26(3,4)14-20(36)24(18)30-22(28-6)16-34(39)40/h15-16,27-30H,7-14H2,1-6H3. The van der Waals surface area contributed by atoms with Gasteiger partial charge in [-0.05, 0) is 23.7 Å². The van der Waals surface area contributed by atoms with Crippen molar-refractivity contribution < 1.29 is 19.4 Å². The second-order valence-corrected chi connectivity index (χ2v) is 11.9. The minimum atomic E-state index is -0.582. The molecule has 0 spiro atoms. The fourth-order valence-corrected chi connectivity index (χ4v) is 5.44. The van der Waals surface area contributed by atoms with Crippen LogP contribution in [0, 0.1) is 31.1 Å². The molecule has 2 aliphatic carbocycles. The van der Waals surface area contributed by atoms with Crippen LogP contribution in [0.2, 0.25) is 0 Å². The van der Waals surface area contributed by atoms with E-state index in [0.29, 0.717) is 63.3 Å². The summed E-state index contributed by atoms with van der Waals surface area (Å²) < 4.78 is 0. The summed E-state index contributed by atoms with van der Waals surface area (Å²) in [6.45, 7) is 10.4. The molecule has 0 atom stereocenters. The van der Waals surface area contributed by atoms with E-state index < -0.39 is 9.85 Å². The summed E-state index contributed by atoms with van der Waals surface area (Å²) in [6, 6.07) is 0. The molecule has 1 saturated heterocycles. The maximum atomic E-state index is 13.2. The minimum Gasteiger partial charge on any atom is -0.370 e. The van der Waals surface area contributed by atoms with Crippen molar-refractivity contribution in [2.75, 3.05) is 40.3 Å². The first-order valence-electron chi connectivity index (χ1n) is 13.3. The normalized spacial score (nSPS) is 21.9. The summed E-state index contributed by atoms with van der Waals surface area (Å²) in [6.07, 6.45) is 3.47. The Morgan fingerprint density at radius 1 is 0.700 bits per heavy atom. The number of ketones is 2. The molecule has 0 aromatic rings. The van der Waals surface area contributed by atoms with Crippen molar-refractivity contribution in [2.45, 2.75) is 53.4 Å². The number of piperazine rings is 1. The lowest BCUT2D eigenvalue weighted by Gasteiger charge is -2.45. The van der Waals surface area contributed by atoms with Crippen LogP contribution in [0.25, 0.3) is 0 Å². The lowest BCUT2D eigenvalue weighted by Crippen LogP contribution is -2.50. The molecule has 40 heavy (non-hydrogen) atoms. The Balaban J connectivity index is 1.92. The van der Waals surface area contributed by atoms with Gasteiger partial charge in [0.05, 0.1) is 9.85 Å². The Hall–Kier alpha value is -4.10. The zero-order valence-electron chi connectivity index (χ0n) is 24.0. The summed E-state index contributed by atoms with van der Waals surface area (Å²) in [5, 5.41) is 33.5. The molecule has 0 aromatic carbocycles. The Bertz CT molecular complexity index is 1100. The summed E-state index contributed by atoms with van der Waals surface area (Å²) in [4.78, 5) is 51.6. The predicted octanol–water partition coefficient (Wildman–Crippen LogP) is 1.57. The fourth-order valence-electron chi connectivity index (χ4n) is 5.44. The smallest absolute Gasteiger partial charge is 0.274 e. The van der Waals surface area contributed by atoms with Gasteiger partial charge >= 0.3 is 0 Å². The Kier molecular flexibility index (Phi) is 9.10. The number of nitrogens with one attached hydrogen (secondary N) is 4. The SMILES string of the molecule is CNC(=C[N+](=O)[O-])NC1=C(N2CCN(C3=C(NC(=C[N+](=O)[O-])NC)C(=O)CC(C)(C)C3)CC2)CC(C)(C)CC1=O. The van der Waals surface area contributed by atoms with Gasteiger partial charge in [0.2, 0.25) is 0 Å². The monoisotopic (exact) mass is 560 g/mol.